The Morgan fingerprint density at radius 3 is 2.69 bits per heavy atom. The molecule has 3 rings (SSSR count). The van der Waals surface area contributed by atoms with Crippen molar-refractivity contribution in [2.45, 2.75) is 37.2 Å². The maximum atomic E-state index is 5.51. The summed E-state index contributed by atoms with van der Waals surface area (Å²) in [6.45, 7) is 6.22. The number of para-hydroxylation sites is 1. The second-order valence-electron chi connectivity index (χ2n) is 6.52. The van der Waals surface area contributed by atoms with Gasteiger partial charge >= 0.3 is 0 Å². The van der Waals surface area contributed by atoms with E-state index >= 15 is 0 Å². The molecular weight excluding hydrogens is 370 g/mol. The molecule has 1 aromatic carbocycles. The minimum absolute atomic E-state index is 0.160. The van der Waals surface area contributed by atoms with E-state index in [2.05, 4.69) is 36.3 Å². The van der Waals surface area contributed by atoms with Gasteiger partial charge in [-0.05, 0) is 43.3 Å². The summed E-state index contributed by atoms with van der Waals surface area (Å²) in [6, 6.07) is 5.79. The van der Waals surface area contributed by atoms with Crippen molar-refractivity contribution in [2.75, 3.05) is 14.2 Å². The topological polar surface area (TPSA) is 75.0 Å². The lowest BCUT2D eigenvalue weighted by molar-refractivity contribution is 0.321. The number of hydrogen-bond donors (Lipinski definition) is 0. The zero-order valence-corrected chi connectivity index (χ0v) is 17.0. The Morgan fingerprint density at radius 2 is 2.00 bits per heavy atom. The third-order valence-electron chi connectivity index (χ3n) is 3.61. The van der Waals surface area contributed by atoms with Crippen molar-refractivity contribution in [1.29, 1.82) is 0 Å². The van der Waals surface area contributed by atoms with Crippen LogP contribution >= 0.6 is 23.1 Å². The molecule has 7 nitrogen and oxygen atoms in total. The summed E-state index contributed by atoms with van der Waals surface area (Å²) in [5.41, 5.74) is 1.74. The highest BCUT2D eigenvalue weighted by atomic mass is 32.2. The standard InChI is InChI=1S/C17H21N5O2S2/c1-17(2,3)22-16(19-20-21-22)26-10-11-9-25-15(18-11)12-7-6-8-13(23-4)14(12)24-5/h6-9H,10H2,1-5H3. The molecule has 0 radical (unpaired) electrons. The Kier molecular flexibility index (Phi) is 5.47. The molecule has 2 aromatic heterocycles. The van der Waals surface area contributed by atoms with Gasteiger partial charge in [0, 0.05) is 11.1 Å². The highest BCUT2D eigenvalue weighted by Crippen LogP contribution is 2.39. The number of nitrogens with zero attached hydrogens (tertiary/aromatic N) is 5. The molecule has 138 valence electrons. The van der Waals surface area contributed by atoms with Crippen molar-refractivity contribution in [1.82, 2.24) is 25.2 Å². The van der Waals surface area contributed by atoms with Crippen LogP contribution in [0.1, 0.15) is 26.5 Å². The van der Waals surface area contributed by atoms with Gasteiger partial charge in [0.2, 0.25) is 5.16 Å². The molecule has 0 saturated carbocycles. The summed E-state index contributed by atoms with van der Waals surface area (Å²) in [7, 11) is 3.27. The van der Waals surface area contributed by atoms with Gasteiger partial charge in [-0.2, -0.15) is 0 Å². The first-order chi connectivity index (χ1) is 12.4. The largest absolute Gasteiger partial charge is 0.493 e. The maximum absolute atomic E-state index is 5.51. The molecule has 2 heterocycles. The Balaban J connectivity index is 1.79. The van der Waals surface area contributed by atoms with E-state index in [4.69, 9.17) is 14.5 Å². The number of thioether (sulfide) groups is 1. The number of benzene rings is 1. The van der Waals surface area contributed by atoms with Crippen LogP contribution < -0.4 is 9.47 Å². The molecule has 0 saturated heterocycles. The first-order valence-electron chi connectivity index (χ1n) is 8.01. The maximum Gasteiger partial charge on any atom is 0.210 e. The van der Waals surface area contributed by atoms with Crippen LogP contribution in [0.5, 0.6) is 11.5 Å². The van der Waals surface area contributed by atoms with Gasteiger partial charge in [0.05, 0.1) is 31.0 Å². The number of methoxy groups -OCH3 is 2. The van der Waals surface area contributed by atoms with E-state index in [0.717, 1.165) is 21.4 Å². The molecule has 0 fully saturated rings. The fourth-order valence-corrected chi connectivity index (χ4v) is 4.28. The van der Waals surface area contributed by atoms with Crippen molar-refractivity contribution in [2.24, 2.45) is 0 Å². The number of aromatic nitrogens is 5. The number of tetrazole rings is 1. The fraction of sp³-hybridized carbons (Fsp3) is 0.412. The van der Waals surface area contributed by atoms with Crippen LogP contribution in [0.2, 0.25) is 0 Å². The van der Waals surface area contributed by atoms with Gasteiger partial charge in [0.25, 0.3) is 0 Å². The third kappa shape index (κ3) is 3.83. The summed E-state index contributed by atoms with van der Waals surface area (Å²) < 4.78 is 12.7. The molecule has 0 N–H and O–H groups in total. The molecule has 0 unspecified atom stereocenters. The Labute approximate surface area is 160 Å². The highest BCUT2D eigenvalue weighted by Gasteiger charge is 2.20. The summed E-state index contributed by atoms with van der Waals surface area (Å²) in [5, 5.41) is 15.7. The van der Waals surface area contributed by atoms with Crippen molar-refractivity contribution in [3.8, 4) is 22.1 Å². The predicted molar refractivity (Wildman–Crippen MR) is 103 cm³/mol. The third-order valence-corrected chi connectivity index (χ3v) is 5.49. The Hall–Kier alpha value is -2.13. The molecule has 26 heavy (non-hydrogen) atoms. The molecule has 0 aliphatic carbocycles. The predicted octanol–water partition coefficient (Wildman–Crippen LogP) is 3.86. The summed E-state index contributed by atoms with van der Waals surface area (Å²) in [4.78, 5) is 4.74. The van der Waals surface area contributed by atoms with Crippen molar-refractivity contribution in [3.05, 3.63) is 29.3 Å². The lowest BCUT2D eigenvalue weighted by Gasteiger charge is -2.19. The quantitative estimate of drug-likeness (QED) is 0.591. The normalized spacial score (nSPS) is 11.6. The summed E-state index contributed by atoms with van der Waals surface area (Å²) in [6.07, 6.45) is 0. The SMILES string of the molecule is COc1cccc(-c2nc(CSc3nnnn3C(C)(C)C)cs2)c1OC. The molecule has 0 aliphatic heterocycles. The summed E-state index contributed by atoms with van der Waals surface area (Å²) >= 11 is 3.15. The van der Waals surface area contributed by atoms with Gasteiger partial charge in [0.1, 0.15) is 5.01 Å². The van der Waals surface area contributed by atoms with Crippen molar-refractivity contribution < 1.29 is 9.47 Å². The zero-order valence-electron chi connectivity index (χ0n) is 15.4. The van der Waals surface area contributed by atoms with E-state index in [1.807, 2.05) is 28.3 Å². The molecule has 3 aromatic rings. The second kappa shape index (κ2) is 7.63. The van der Waals surface area contributed by atoms with Crippen LogP contribution in [0, 0.1) is 0 Å². The van der Waals surface area contributed by atoms with E-state index in [0.29, 0.717) is 17.3 Å². The monoisotopic (exact) mass is 391 g/mol. The highest BCUT2D eigenvalue weighted by molar-refractivity contribution is 7.98. The smallest absolute Gasteiger partial charge is 0.210 e. The van der Waals surface area contributed by atoms with E-state index in [9.17, 15) is 0 Å². The molecular formula is C17H21N5O2S2. The van der Waals surface area contributed by atoms with Gasteiger partial charge in [-0.3, -0.25) is 0 Å². The number of rotatable bonds is 6. The molecule has 0 aliphatic rings. The number of ether oxygens (including phenoxy) is 2. The van der Waals surface area contributed by atoms with E-state index in [1.54, 1.807) is 37.3 Å². The number of hydrogen-bond acceptors (Lipinski definition) is 8. The summed E-state index contributed by atoms with van der Waals surface area (Å²) in [5.74, 6) is 2.08. The minimum Gasteiger partial charge on any atom is -0.493 e. The first-order valence-corrected chi connectivity index (χ1v) is 9.88. The molecule has 0 amide bonds. The van der Waals surface area contributed by atoms with Gasteiger partial charge in [-0.15, -0.1) is 16.4 Å². The van der Waals surface area contributed by atoms with Crippen LogP contribution in [-0.2, 0) is 11.3 Å². The van der Waals surface area contributed by atoms with Crippen molar-refractivity contribution >= 4 is 23.1 Å². The molecule has 0 spiro atoms. The molecule has 0 bridgehead atoms. The van der Waals surface area contributed by atoms with Gasteiger partial charge in [-0.1, -0.05) is 17.8 Å². The lowest BCUT2D eigenvalue weighted by Crippen LogP contribution is -2.24. The van der Waals surface area contributed by atoms with Crippen LogP contribution in [0.3, 0.4) is 0 Å². The van der Waals surface area contributed by atoms with E-state index < -0.39 is 0 Å². The van der Waals surface area contributed by atoms with Crippen LogP contribution in [-0.4, -0.2) is 39.4 Å². The Morgan fingerprint density at radius 1 is 1.19 bits per heavy atom. The van der Waals surface area contributed by atoms with E-state index in [-0.39, 0.29) is 5.54 Å². The van der Waals surface area contributed by atoms with Gasteiger partial charge in [-0.25, -0.2) is 9.67 Å². The molecule has 9 heteroatoms. The average molecular weight is 392 g/mol. The minimum atomic E-state index is -0.160. The van der Waals surface area contributed by atoms with Crippen molar-refractivity contribution in [3.63, 3.8) is 0 Å². The fourth-order valence-electron chi connectivity index (χ4n) is 2.38. The van der Waals surface area contributed by atoms with Crippen LogP contribution in [0.25, 0.3) is 10.6 Å². The molecule has 0 atom stereocenters. The van der Waals surface area contributed by atoms with E-state index in [1.165, 1.54) is 0 Å². The Bertz CT molecular complexity index is 885. The number of thiazole rings is 1. The first kappa shape index (κ1) is 18.7. The lowest BCUT2D eigenvalue weighted by atomic mass is 10.1. The van der Waals surface area contributed by atoms with Gasteiger partial charge < -0.3 is 9.47 Å². The van der Waals surface area contributed by atoms with Gasteiger partial charge in [0.15, 0.2) is 11.5 Å². The average Bonchev–Trinajstić information content (AvgIpc) is 3.27. The second-order valence-corrected chi connectivity index (χ2v) is 8.32. The van der Waals surface area contributed by atoms with Crippen LogP contribution in [0.4, 0.5) is 0 Å². The zero-order chi connectivity index (χ0) is 18.7. The van der Waals surface area contributed by atoms with Crippen LogP contribution in [0.15, 0.2) is 28.7 Å².